The maximum atomic E-state index is 11.1. The second-order valence-electron chi connectivity index (χ2n) is 3.34. The Bertz CT molecular complexity index is 657. The van der Waals surface area contributed by atoms with Crippen LogP contribution < -0.4 is 10.6 Å². The highest BCUT2D eigenvalue weighted by Gasteiger charge is 2.37. The van der Waals surface area contributed by atoms with E-state index in [4.69, 9.17) is 0 Å². The fourth-order valence-corrected chi connectivity index (χ4v) is 2.05. The molecule has 0 unspecified atom stereocenters. The van der Waals surface area contributed by atoms with Gasteiger partial charge in [0.15, 0.2) is 10.2 Å². The van der Waals surface area contributed by atoms with E-state index in [0.717, 1.165) is 6.07 Å². The number of nitrogens with one attached hydrogen (secondary N) is 1. The number of fused-ring (bicyclic) bond motifs is 1. The fraction of sp³-hybridized carbons (Fsp3) is 0. The number of halogens is 1. The lowest BCUT2D eigenvalue weighted by Crippen LogP contribution is -2.33. The lowest BCUT2D eigenvalue weighted by Gasteiger charge is -2.15. The van der Waals surface area contributed by atoms with Gasteiger partial charge in [-0.3, -0.25) is 29.8 Å². The van der Waals surface area contributed by atoms with Crippen molar-refractivity contribution in [2.45, 2.75) is 0 Å². The molecule has 19 heavy (non-hydrogen) atoms. The molecule has 97 valence electrons. The Morgan fingerprint density at radius 2 is 1.84 bits per heavy atom. The predicted molar refractivity (Wildman–Crippen MR) is 62.9 cm³/mol. The molecule has 0 atom stereocenters. The van der Waals surface area contributed by atoms with Gasteiger partial charge in [-0.2, -0.15) is 5.32 Å². The van der Waals surface area contributed by atoms with Crippen molar-refractivity contribution in [2.75, 3.05) is 5.32 Å². The maximum Gasteiger partial charge on any atom is 0.336 e. The Labute approximate surface area is 112 Å². The summed E-state index contributed by atoms with van der Waals surface area (Å²) in [6.07, 6.45) is 0. The molecule has 0 aliphatic carbocycles. The molecule has 1 aliphatic heterocycles. The van der Waals surface area contributed by atoms with Crippen LogP contribution in [0, 0.1) is 20.2 Å². The molecule has 1 heterocycles. The minimum atomic E-state index is -1.21. The second-order valence-corrected chi connectivity index (χ2v) is 4.13. The van der Waals surface area contributed by atoms with E-state index in [9.17, 15) is 29.8 Å². The number of nitro groups is 2. The first-order chi connectivity index (χ1) is 8.82. The zero-order valence-electron chi connectivity index (χ0n) is 8.75. The van der Waals surface area contributed by atoms with Gasteiger partial charge in [-0.1, -0.05) is 0 Å². The molecule has 1 aromatic rings. The largest absolute Gasteiger partial charge is 0.336 e. The van der Waals surface area contributed by atoms with Crippen LogP contribution in [-0.2, 0) is 9.59 Å². The molecule has 1 aromatic carbocycles. The van der Waals surface area contributed by atoms with Crippen LogP contribution in [0.25, 0.3) is 0 Å². The standard InChI is InChI=1S/C8H2BrN4O6/c9-4-3(12(16)17)1-2-5(6(4)13(18)19)11-8(15)7(14)10-2/h1H,(H,10,14). The number of anilines is 1. The van der Waals surface area contributed by atoms with E-state index in [2.05, 4.69) is 21.2 Å². The first kappa shape index (κ1) is 12.9. The first-order valence-corrected chi connectivity index (χ1v) is 5.34. The van der Waals surface area contributed by atoms with Gasteiger partial charge in [0, 0.05) is 6.07 Å². The monoisotopic (exact) mass is 329 g/mol. The van der Waals surface area contributed by atoms with Crippen LogP contribution in [0.5, 0.6) is 0 Å². The van der Waals surface area contributed by atoms with Crippen molar-refractivity contribution < 1.29 is 19.4 Å². The van der Waals surface area contributed by atoms with E-state index >= 15 is 0 Å². The molecular formula is C8H2BrN4O6. The van der Waals surface area contributed by atoms with E-state index in [1.54, 1.807) is 0 Å². The molecule has 0 saturated carbocycles. The highest BCUT2D eigenvalue weighted by Crippen LogP contribution is 2.45. The van der Waals surface area contributed by atoms with Crippen LogP contribution in [0.4, 0.5) is 22.7 Å². The Morgan fingerprint density at radius 1 is 1.21 bits per heavy atom. The van der Waals surface area contributed by atoms with Crippen molar-refractivity contribution in [3.05, 3.63) is 30.8 Å². The Balaban J connectivity index is 2.78. The summed E-state index contributed by atoms with van der Waals surface area (Å²) in [6.45, 7) is 0. The van der Waals surface area contributed by atoms with Gasteiger partial charge in [-0.05, 0) is 15.9 Å². The number of carbonyl (C=O) groups excluding carboxylic acids is 2. The molecule has 0 saturated heterocycles. The van der Waals surface area contributed by atoms with Gasteiger partial charge in [0.1, 0.15) is 0 Å². The lowest BCUT2D eigenvalue weighted by atomic mass is 10.1. The molecule has 0 aromatic heterocycles. The molecule has 11 heteroatoms. The number of carbonyl (C=O) groups is 2. The van der Waals surface area contributed by atoms with Crippen molar-refractivity contribution >= 4 is 50.5 Å². The van der Waals surface area contributed by atoms with E-state index in [1.165, 1.54) is 0 Å². The van der Waals surface area contributed by atoms with E-state index in [1.807, 2.05) is 5.32 Å². The summed E-state index contributed by atoms with van der Waals surface area (Å²) < 4.78 is -0.422. The van der Waals surface area contributed by atoms with Gasteiger partial charge in [0.05, 0.1) is 15.5 Å². The Kier molecular flexibility index (Phi) is 2.90. The van der Waals surface area contributed by atoms with Gasteiger partial charge in [0.2, 0.25) is 0 Å². The summed E-state index contributed by atoms with van der Waals surface area (Å²) in [4.78, 5) is 42.1. The molecule has 10 nitrogen and oxygen atoms in total. The number of rotatable bonds is 2. The maximum absolute atomic E-state index is 11.1. The van der Waals surface area contributed by atoms with Crippen LogP contribution in [0.15, 0.2) is 10.5 Å². The average molecular weight is 330 g/mol. The summed E-state index contributed by atoms with van der Waals surface area (Å²) in [7, 11) is 0. The SMILES string of the molecule is O=C1[N]c2c(cc([N+](=O)[O-])c(Br)c2[N+](=O)[O-])NC1=O. The van der Waals surface area contributed by atoms with Crippen molar-refractivity contribution in [2.24, 2.45) is 0 Å². The quantitative estimate of drug-likeness (QED) is 0.486. The first-order valence-electron chi connectivity index (χ1n) is 4.55. The van der Waals surface area contributed by atoms with Gasteiger partial charge < -0.3 is 5.32 Å². The number of hydrogen-bond donors (Lipinski definition) is 1. The van der Waals surface area contributed by atoms with E-state index in [0.29, 0.717) is 0 Å². The highest BCUT2D eigenvalue weighted by molar-refractivity contribution is 9.10. The Hall–Kier alpha value is -2.56. The zero-order chi connectivity index (χ0) is 14.3. The molecule has 2 amide bonds. The minimum Gasteiger partial charge on any atom is -0.315 e. The third-order valence-corrected chi connectivity index (χ3v) is 3.01. The summed E-state index contributed by atoms with van der Waals surface area (Å²) >= 11 is 2.73. The highest BCUT2D eigenvalue weighted by atomic mass is 79.9. The topological polar surface area (TPSA) is 147 Å². The van der Waals surface area contributed by atoms with Crippen molar-refractivity contribution in [3.63, 3.8) is 0 Å². The number of benzene rings is 1. The van der Waals surface area contributed by atoms with Crippen LogP contribution >= 0.6 is 15.9 Å². The third-order valence-electron chi connectivity index (χ3n) is 2.23. The number of amides is 2. The van der Waals surface area contributed by atoms with E-state index < -0.39 is 43.2 Å². The van der Waals surface area contributed by atoms with Crippen molar-refractivity contribution in [3.8, 4) is 0 Å². The molecule has 1 aliphatic rings. The smallest absolute Gasteiger partial charge is 0.315 e. The second kappa shape index (κ2) is 4.28. The van der Waals surface area contributed by atoms with Crippen LogP contribution in [0.1, 0.15) is 0 Å². The summed E-state index contributed by atoms with van der Waals surface area (Å²) in [5.41, 5.74) is -2.05. The normalized spacial score (nSPS) is 13.3. The molecule has 1 N–H and O–H groups in total. The van der Waals surface area contributed by atoms with Gasteiger partial charge >= 0.3 is 17.5 Å². The predicted octanol–water partition coefficient (Wildman–Crippen LogP) is 0.980. The van der Waals surface area contributed by atoms with Gasteiger partial charge in [-0.25, -0.2) is 0 Å². The molecule has 2 rings (SSSR count). The van der Waals surface area contributed by atoms with E-state index in [-0.39, 0.29) is 5.69 Å². The summed E-state index contributed by atoms with van der Waals surface area (Å²) in [5, 5.41) is 27.0. The molecule has 0 spiro atoms. The van der Waals surface area contributed by atoms with Crippen LogP contribution in [0.2, 0.25) is 0 Å². The van der Waals surface area contributed by atoms with Crippen LogP contribution in [-0.4, -0.2) is 21.7 Å². The molecule has 1 radical (unpaired) electrons. The summed E-state index contributed by atoms with van der Waals surface area (Å²) in [6, 6.07) is 0.889. The zero-order valence-corrected chi connectivity index (χ0v) is 10.3. The Morgan fingerprint density at radius 3 is 2.37 bits per heavy atom. The van der Waals surface area contributed by atoms with Crippen molar-refractivity contribution in [1.29, 1.82) is 0 Å². The third kappa shape index (κ3) is 1.99. The fourth-order valence-electron chi connectivity index (χ4n) is 1.46. The number of nitro benzene ring substituents is 2. The number of nitrogens with zero attached hydrogens (tertiary/aromatic N) is 3. The van der Waals surface area contributed by atoms with Gasteiger partial charge in [0.25, 0.3) is 5.69 Å². The lowest BCUT2D eigenvalue weighted by molar-refractivity contribution is -0.395. The minimum absolute atomic E-state index is 0.258. The average Bonchev–Trinajstić information content (AvgIpc) is 2.29. The van der Waals surface area contributed by atoms with Crippen LogP contribution in [0.3, 0.4) is 0 Å². The van der Waals surface area contributed by atoms with Crippen molar-refractivity contribution in [1.82, 2.24) is 5.32 Å². The molecule has 0 fully saturated rings. The molecule has 0 bridgehead atoms. The molecular weight excluding hydrogens is 328 g/mol. The number of hydrogen-bond acceptors (Lipinski definition) is 6. The van der Waals surface area contributed by atoms with Gasteiger partial charge in [-0.15, -0.1) is 0 Å². The summed E-state index contributed by atoms with van der Waals surface area (Å²) in [5.74, 6) is -2.32.